The molecule has 1 aromatic heterocycles. The van der Waals surface area contributed by atoms with Gasteiger partial charge in [0.05, 0.1) is 12.3 Å². The van der Waals surface area contributed by atoms with Crippen LogP contribution in [0.2, 0.25) is 0 Å². The molecule has 0 saturated heterocycles. The van der Waals surface area contributed by atoms with E-state index in [1.807, 2.05) is 43.6 Å². The molecule has 0 bridgehead atoms. The lowest BCUT2D eigenvalue weighted by molar-refractivity contribution is -0.121. The zero-order valence-electron chi connectivity index (χ0n) is 12.2. The van der Waals surface area contributed by atoms with Crippen LogP contribution in [-0.4, -0.2) is 27.3 Å². The molecular weight excluding hydrogens is 266 g/mol. The van der Waals surface area contributed by atoms with E-state index in [1.54, 1.807) is 10.9 Å². The van der Waals surface area contributed by atoms with Gasteiger partial charge in [-0.3, -0.25) is 9.48 Å². The molecule has 2 aromatic rings. The topological polar surface area (TPSA) is 67.2 Å². The first-order chi connectivity index (χ1) is 10.1. The molecule has 0 aliphatic carbocycles. The quantitative estimate of drug-likeness (QED) is 0.812. The summed E-state index contributed by atoms with van der Waals surface area (Å²) in [7, 11) is 1.86. The predicted molar refractivity (Wildman–Crippen MR) is 80.6 cm³/mol. The number of hydrogen-bond acceptors (Lipinski definition) is 3. The Morgan fingerprint density at radius 1 is 1.38 bits per heavy atom. The number of rotatable bonds is 7. The molecule has 1 atom stereocenters. The van der Waals surface area contributed by atoms with Gasteiger partial charge in [-0.05, 0) is 24.0 Å². The molecule has 0 radical (unpaired) electrons. The van der Waals surface area contributed by atoms with Crippen molar-refractivity contribution < 1.29 is 9.90 Å². The predicted octanol–water partition coefficient (Wildman–Crippen LogP) is 1.59. The van der Waals surface area contributed by atoms with Crippen LogP contribution in [0, 0.1) is 0 Å². The van der Waals surface area contributed by atoms with Crippen LogP contribution in [0.15, 0.2) is 42.7 Å². The number of hydrogen-bond donors (Lipinski definition) is 2. The molecule has 112 valence electrons. The van der Waals surface area contributed by atoms with Crippen molar-refractivity contribution in [1.29, 1.82) is 0 Å². The number of carbonyl (C=O) groups excluding carboxylic acids is 1. The van der Waals surface area contributed by atoms with Gasteiger partial charge in [-0.2, -0.15) is 5.10 Å². The van der Waals surface area contributed by atoms with E-state index >= 15 is 0 Å². The van der Waals surface area contributed by atoms with E-state index in [9.17, 15) is 9.90 Å². The van der Waals surface area contributed by atoms with E-state index in [4.69, 9.17) is 0 Å². The van der Waals surface area contributed by atoms with E-state index in [0.717, 1.165) is 11.1 Å². The van der Waals surface area contributed by atoms with Crippen LogP contribution >= 0.6 is 0 Å². The Labute approximate surface area is 124 Å². The Kier molecular flexibility index (Phi) is 5.51. The maximum absolute atomic E-state index is 11.7. The molecule has 0 fully saturated rings. The third-order valence-electron chi connectivity index (χ3n) is 3.32. The largest absolute Gasteiger partial charge is 0.388 e. The fourth-order valence-electron chi connectivity index (χ4n) is 2.14. The number of carbonyl (C=O) groups is 1. The summed E-state index contributed by atoms with van der Waals surface area (Å²) in [6.45, 7) is 0.474. The Balaban J connectivity index is 1.65. The first kappa shape index (κ1) is 15.3. The monoisotopic (exact) mass is 287 g/mol. The summed E-state index contributed by atoms with van der Waals surface area (Å²) in [5.74, 6) is -0.000820. The van der Waals surface area contributed by atoms with E-state index < -0.39 is 6.10 Å². The van der Waals surface area contributed by atoms with E-state index in [0.29, 0.717) is 25.8 Å². The van der Waals surface area contributed by atoms with Crippen molar-refractivity contribution in [1.82, 2.24) is 15.1 Å². The summed E-state index contributed by atoms with van der Waals surface area (Å²) in [5.41, 5.74) is 1.93. The number of aryl methyl sites for hydroxylation is 2. The minimum atomic E-state index is -0.537. The molecule has 0 saturated carbocycles. The second kappa shape index (κ2) is 7.59. The van der Waals surface area contributed by atoms with E-state index in [-0.39, 0.29) is 5.91 Å². The minimum Gasteiger partial charge on any atom is -0.388 e. The van der Waals surface area contributed by atoms with Crippen molar-refractivity contribution >= 4 is 5.91 Å². The molecule has 2 rings (SSSR count). The molecule has 5 nitrogen and oxygen atoms in total. The Morgan fingerprint density at radius 2 is 2.14 bits per heavy atom. The highest BCUT2D eigenvalue weighted by Crippen LogP contribution is 2.14. The number of aromatic nitrogens is 2. The van der Waals surface area contributed by atoms with Crippen molar-refractivity contribution in [3.63, 3.8) is 0 Å². The zero-order valence-corrected chi connectivity index (χ0v) is 12.2. The molecule has 5 heteroatoms. The molecule has 21 heavy (non-hydrogen) atoms. The van der Waals surface area contributed by atoms with Crippen molar-refractivity contribution in [3.8, 4) is 0 Å². The van der Waals surface area contributed by atoms with Crippen LogP contribution in [0.1, 0.15) is 30.1 Å². The summed E-state index contributed by atoms with van der Waals surface area (Å²) in [6.07, 6.45) is 4.78. The third kappa shape index (κ3) is 5.04. The molecule has 0 aliphatic heterocycles. The average molecular weight is 287 g/mol. The molecule has 0 aliphatic rings. The fourth-order valence-corrected chi connectivity index (χ4v) is 2.14. The SMILES string of the molecule is Cn1cc(CCC(=O)NCCC(O)c2ccccc2)cn1. The first-order valence-corrected chi connectivity index (χ1v) is 7.12. The standard InChI is InChI=1S/C16H21N3O2/c1-19-12-13(11-18-19)7-8-16(21)17-10-9-15(20)14-5-3-2-4-6-14/h2-6,11-12,15,20H,7-10H2,1H3,(H,17,21). The maximum Gasteiger partial charge on any atom is 0.220 e. The Bertz CT molecular complexity index is 566. The highest BCUT2D eigenvalue weighted by Gasteiger charge is 2.08. The van der Waals surface area contributed by atoms with Crippen LogP contribution in [0.4, 0.5) is 0 Å². The van der Waals surface area contributed by atoms with E-state index in [2.05, 4.69) is 10.4 Å². The molecule has 1 amide bonds. The number of aliphatic hydroxyl groups excluding tert-OH is 1. The van der Waals surface area contributed by atoms with Crippen LogP contribution < -0.4 is 5.32 Å². The lowest BCUT2D eigenvalue weighted by Crippen LogP contribution is -2.25. The summed E-state index contributed by atoms with van der Waals surface area (Å²) >= 11 is 0. The van der Waals surface area contributed by atoms with Crippen molar-refractivity contribution in [2.45, 2.75) is 25.4 Å². The number of nitrogens with zero attached hydrogens (tertiary/aromatic N) is 2. The van der Waals surface area contributed by atoms with E-state index in [1.165, 1.54) is 0 Å². The lowest BCUT2D eigenvalue weighted by Gasteiger charge is -2.11. The van der Waals surface area contributed by atoms with Crippen LogP contribution in [0.3, 0.4) is 0 Å². The smallest absolute Gasteiger partial charge is 0.220 e. The number of benzene rings is 1. The van der Waals surface area contributed by atoms with Crippen LogP contribution in [0.5, 0.6) is 0 Å². The normalized spacial score (nSPS) is 12.1. The van der Waals surface area contributed by atoms with Gasteiger partial charge in [-0.1, -0.05) is 30.3 Å². The van der Waals surface area contributed by atoms with Crippen LogP contribution in [0.25, 0.3) is 0 Å². The van der Waals surface area contributed by atoms with Gasteiger partial charge in [-0.25, -0.2) is 0 Å². The van der Waals surface area contributed by atoms with Gasteiger partial charge in [0.2, 0.25) is 5.91 Å². The second-order valence-corrected chi connectivity index (χ2v) is 5.09. The number of nitrogens with one attached hydrogen (secondary N) is 1. The third-order valence-corrected chi connectivity index (χ3v) is 3.32. The molecule has 1 aromatic carbocycles. The Hall–Kier alpha value is -2.14. The Morgan fingerprint density at radius 3 is 2.81 bits per heavy atom. The van der Waals surface area contributed by atoms with Gasteiger partial charge in [0.15, 0.2) is 0 Å². The molecule has 2 N–H and O–H groups in total. The second-order valence-electron chi connectivity index (χ2n) is 5.09. The highest BCUT2D eigenvalue weighted by molar-refractivity contribution is 5.76. The van der Waals surface area contributed by atoms with Gasteiger partial charge in [0.1, 0.15) is 0 Å². The maximum atomic E-state index is 11.7. The summed E-state index contributed by atoms with van der Waals surface area (Å²) < 4.78 is 1.73. The highest BCUT2D eigenvalue weighted by atomic mass is 16.3. The summed E-state index contributed by atoms with van der Waals surface area (Å²) in [6, 6.07) is 9.47. The fraction of sp³-hybridized carbons (Fsp3) is 0.375. The van der Waals surface area contributed by atoms with Crippen molar-refractivity contribution in [2.75, 3.05) is 6.54 Å². The lowest BCUT2D eigenvalue weighted by atomic mass is 10.1. The molecule has 1 unspecified atom stereocenters. The van der Waals surface area contributed by atoms with Crippen molar-refractivity contribution in [2.24, 2.45) is 7.05 Å². The van der Waals surface area contributed by atoms with Gasteiger partial charge >= 0.3 is 0 Å². The van der Waals surface area contributed by atoms with Gasteiger partial charge in [0, 0.05) is 26.2 Å². The first-order valence-electron chi connectivity index (χ1n) is 7.12. The number of amides is 1. The number of aliphatic hydroxyl groups is 1. The van der Waals surface area contributed by atoms with Gasteiger partial charge in [0.25, 0.3) is 0 Å². The molecular formula is C16H21N3O2. The minimum absolute atomic E-state index is 0.000820. The van der Waals surface area contributed by atoms with Gasteiger partial charge in [-0.15, -0.1) is 0 Å². The summed E-state index contributed by atoms with van der Waals surface area (Å²) in [5, 5.41) is 16.9. The van der Waals surface area contributed by atoms with Gasteiger partial charge < -0.3 is 10.4 Å². The molecule has 1 heterocycles. The van der Waals surface area contributed by atoms with Crippen molar-refractivity contribution in [3.05, 3.63) is 53.9 Å². The average Bonchev–Trinajstić information content (AvgIpc) is 2.91. The zero-order chi connectivity index (χ0) is 15.1. The molecule has 0 spiro atoms. The summed E-state index contributed by atoms with van der Waals surface area (Å²) in [4.78, 5) is 11.7. The van der Waals surface area contributed by atoms with Crippen LogP contribution in [-0.2, 0) is 18.3 Å².